The molecule has 2 aromatic carbocycles. The zero-order valence-corrected chi connectivity index (χ0v) is 29.1. The third-order valence-electron chi connectivity index (χ3n) is 7.51. The number of anilines is 2. The van der Waals surface area contributed by atoms with E-state index in [0.29, 0.717) is 26.2 Å². The van der Waals surface area contributed by atoms with Crippen LogP contribution in [0.5, 0.6) is 0 Å². The van der Waals surface area contributed by atoms with Gasteiger partial charge in [0.15, 0.2) is 0 Å². The number of aromatic amines is 2. The van der Waals surface area contributed by atoms with Crippen molar-refractivity contribution in [2.45, 2.75) is 52.7 Å². The summed E-state index contributed by atoms with van der Waals surface area (Å²) >= 11 is 2.25. The van der Waals surface area contributed by atoms with Crippen LogP contribution in [-0.4, -0.2) is 106 Å². The minimum Gasteiger partial charge on any atom is -0.444 e. The first-order valence-corrected chi connectivity index (χ1v) is 16.4. The molecular formula is C32H43IN8O4. The topological polar surface area (TPSA) is 123 Å². The molecule has 45 heavy (non-hydrogen) atoms. The number of hydrogen-bond acceptors (Lipinski definition) is 8. The fourth-order valence-corrected chi connectivity index (χ4v) is 5.81. The molecule has 2 aromatic heterocycles. The number of halogens is 1. The van der Waals surface area contributed by atoms with Gasteiger partial charge in [0, 0.05) is 74.5 Å². The Labute approximate surface area is 277 Å². The number of ether oxygens (including phenoxy) is 2. The number of nitrogens with zero attached hydrogens (tertiary/aromatic N) is 6. The number of carbonyl (C=O) groups excluding carboxylic acids is 2. The van der Waals surface area contributed by atoms with Gasteiger partial charge in [-0.1, -0.05) is 0 Å². The summed E-state index contributed by atoms with van der Waals surface area (Å²) in [5.41, 5.74) is 3.41. The van der Waals surface area contributed by atoms with Crippen molar-refractivity contribution < 1.29 is 19.1 Å². The largest absolute Gasteiger partial charge is 0.444 e. The molecule has 0 bridgehead atoms. The molecule has 0 aliphatic carbocycles. The predicted molar refractivity (Wildman–Crippen MR) is 185 cm³/mol. The summed E-state index contributed by atoms with van der Waals surface area (Å²) in [6, 6.07) is 12.6. The summed E-state index contributed by atoms with van der Waals surface area (Å²) in [5, 5.41) is 16.6. The first-order chi connectivity index (χ1) is 21.3. The number of amides is 2. The van der Waals surface area contributed by atoms with E-state index in [1.54, 1.807) is 9.80 Å². The van der Waals surface area contributed by atoms with E-state index in [4.69, 9.17) is 9.47 Å². The van der Waals surface area contributed by atoms with Crippen LogP contribution < -0.4 is 9.80 Å². The molecule has 0 unspecified atom stereocenters. The molecule has 2 aliphatic rings. The number of nitrogens with one attached hydrogen (secondary N) is 2. The summed E-state index contributed by atoms with van der Waals surface area (Å²) in [4.78, 5) is 32.3. The van der Waals surface area contributed by atoms with E-state index >= 15 is 0 Å². The highest BCUT2D eigenvalue weighted by Gasteiger charge is 2.27. The Morgan fingerprint density at radius 3 is 1.78 bits per heavy atom. The standard InChI is InChI=1S/C16H21IN4O2.C16H22N4O2/c1-16(2,3)23-15(22)21-8-6-20(7-9-21)11-4-5-12-13(10-11)18-19-14(12)17;1-16(2,3)22-15(21)20-8-6-19(7-9-20)13-5-4-12-11-17-18-14(12)10-13/h4-5,10H,6-9H2,1-3H3,(H,18,19);4-5,10-11H,6-9H2,1-3H3,(H,17,18). The smallest absolute Gasteiger partial charge is 0.410 e. The van der Waals surface area contributed by atoms with Gasteiger partial charge in [-0.25, -0.2) is 9.59 Å². The summed E-state index contributed by atoms with van der Waals surface area (Å²) in [7, 11) is 0. The van der Waals surface area contributed by atoms with Crippen molar-refractivity contribution in [3.05, 3.63) is 46.3 Å². The molecule has 2 N–H and O–H groups in total. The van der Waals surface area contributed by atoms with E-state index < -0.39 is 11.2 Å². The SMILES string of the molecule is CC(C)(C)OC(=O)N1CCN(c2ccc3c(I)[nH]nc3c2)CC1.CC(C)(C)OC(=O)N1CCN(c2ccc3cn[nH]c3c2)CC1. The van der Waals surface area contributed by atoms with Gasteiger partial charge in [0.05, 0.1) is 17.2 Å². The molecular weight excluding hydrogens is 687 g/mol. The Hall–Kier alpha value is -3.75. The fraction of sp³-hybridized carbons (Fsp3) is 0.500. The molecule has 2 aliphatic heterocycles. The van der Waals surface area contributed by atoms with Crippen LogP contribution in [0.4, 0.5) is 21.0 Å². The van der Waals surface area contributed by atoms with Crippen LogP contribution in [0.2, 0.25) is 0 Å². The second-order valence-corrected chi connectivity index (χ2v) is 14.4. The number of fused-ring (bicyclic) bond motifs is 2. The monoisotopic (exact) mass is 730 g/mol. The normalized spacial score (nSPS) is 16.1. The average Bonchev–Trinajstić information content (AvgIpc) is 3.61. The lowest BCUT2D eigenvalue weighted by Crippen LogP contribution is -2.50. The molecule has 2 fully saturated rings. The van der Waals surface area contributed by atoms with E-state index in [1.165, 1.54) is 0 Å². The molecule has 4 heterocycles. The van der Waals surface area contributed by atoms with E-state index in [1.807, 2.05) is 47.7 Å². The second-order valence-electron chi connectivity index (χ2n) is 13.3. The van der Waals surface area contributed by atoms with Crippen LogP contribution in [0, 0.1) is 3.70 Å². The molecule has 0 radical (unpaired) electrons. The number of aromatic nitrogens is 4. The van der Waals surface area contributed by atoms with Crippen molar-refractivity contribution in [2.75, 3.05) is 62.2 Å². The molecule has 242 valence electrons. The van der Waals surface area contributed by atoms with Gasteiger partial charge >= 0.3 is 12.2 Å². The quantitative estimate of drug-likeness (QED) is 0.247. The molecule has 12 nitrogen and oxygen atoms in total. The number of benzene rings is 2. The Morgan fingerprint density at radius 1 is 0.733 bits per heavy atom. The lowest BCUT2D eigenvalue weighted by Gasteiger charge is -2.36. The van der Waals surface area contributed by atoms with E-state index in [2.05, 4.69) is 89.2 Å². The number of carbonyl (C=O) groups is 2. The van der Waals surface area contributed by atoms with Crippen molar-refractivity contribution in [3.63, 3.8) is 0 Å². The van der Waals surface area contributed by atoms with Crippen molar-refractivity contribution in [2.24, 2.45) is 0 Å². The Morgan fingerprint density at radius 2 is 1.24 bits per heavy atom. The van der Waals surface area contributed by atoms with Gasteiger partial charge < -0.3 is 29.1 Å². The first-order valence-electron chi connectivity index (χ1n) is 15.3. The van der Waals surface area contributed by atoms with Crippen LogP contribution in [0.25, 0.3) is 21.8 Å². The lowest BCUT2D eigenvalue weighted by atomic mass is 10.2. The highest BCUT2D eigenvalue weighted by molar-refractivity contribution is 14.1. The third-order valence-corrected chi connectivity index (χ3v) is 8.33. The van der Waals surface area contributed by atoms with Gasteiger partial charge in [0.25, 0.3) is 0 Å². The Bertz CT molecular complexity index is 1620. The molecule has 0 saturated carbocycles. The van der Waals surface area contributed by atoms with Crippen molar-refractivity contribution in [3.8, 4) is 0 Å². The maximum Gasteiger partial charge on any atom is 0.410 e. The molecule has 0 spiro atoms. The summed E-state index contributed by atoms with van der Waals surface area (Å²) in [6.45, 7) is 17.2. The van der Waals surface area contributed by atoms with Crippen LogP contribution in [0.15, 0.2) is 42.6 Å². The molecule has 2 amide bonds. The second kappa shape index (κ2) is 13.3. The number of H-pyrrole nitrogens is 2. The highest BCUT2D eigenvalue weighted by Crippen LogP contribution is 2.25. The zero-order valence-electron chi connectivity index (χ0n) is 26.9. The molecule has 2 saturated heterocycles. The van der Waals surface area contributed by atoms with Gasteiger partial charge in [-0.3, -0.25) is 10.2 Å². The van der Waals surface area contributed by atoms with Gasteiger partial charge in [0.1, 0.15) is 14.9 Å². The van der Waals surface area contributed by atoms with Gasteiger partial charge in [-0.2, -0.15) is 10.2 Å². The minimum absolute atomic E-state index is 0.226. The van der Waals surface area contributed by atoms with Crippen molar-refractivity contribution in [1.29, 1.82) is 0 Å². The average molecular weight is 731 g/mol. The van der Waals surface area contributed by atoms with E-state index in [-0.39, 0.29) is 12.2 Å². The summed E-state index contributed by atoms with van der Waals surface area (Å²) in [5.74, 6) is 0. The maximum absolute atomic E-state index is 12.1. The van der Waals surface area contributed by atoms with Gasteiger partial charge in [-0.05, 0) is 101 Å². The van der Waals surface area contributed by atoms with Crippen LogP contribution >= 0.6 is 22.6 Å². The summed E-state index contributed by atoms with van der Waals surface area (Å²) in [6.07, 6.45) is 1.37. The molecule has 13 heteroatoms. The van der Waals surface area contributed by atoms with E-state index in [9.17, 15) is 9.59 Å². The minimum atomic E-state index is -0.448. The number of piperazine rings is 2. The molecule has 0 atom stereocenters. The highest BCUT2D eigenvalue weighted by atomic mass is 127. The first kappa shape index (κ1) is 32.6. The van der Waals surface area contributed by atoms with Gasteiger partial charge in [0.2, 0.25) is 0 Å². The van der Waals surface area contributed by atoms with Crippen molar-refractivity contribution in [1.82, 2.24) is 30.2 Å². The Balaban J connectivity index is 0.000000178. The zero-order chi connectivity index (χ0) is 32.4. The third kappa shape index (κ3) is 8.50. The predicted octanol–water partition coefficient (Wildman–Crippen LogP) is 5.84. The van der Waals surface area contributed by atoms with Crippen LogP contribution in [0.3, 0.4) is 0 Å². The lowest BCUT2D eigenvalue weighted by molar-refractivity contribution is 0.0230. The van der Waals surface area contributed by atoms with E-state index in [0.717, 1.165) is 63.1 Å². The number of hydrogen-bond donors (Lipinski definition) is 2. The Kier molecular flexibility index (Phi) is 9.65. The summed E-state index contributed by atoms with van der Waals surface area (Å²) < 4.78 is 11.9. The van der Waals surface area contributed by atoms with Crippen LogP contribution in [0.1, 0.15) is 41.5 Å². The van der Waals surface area contributed by atoms with Crippen molar-refractivity contribution >= 4 is 68.0 Å². The molecule has 4 aromatic rings. The van der Waals surface area contributed by atoms with Gasteiger partial charge in [-0.15, -0.1) is 0 Å². The molecule has 6 rings (SSSR count). The van der Waals surface area contributed by atoms with Crippen LogP contribution in [-0.2, 0) is 9.47 Å². The number of rotatable bonds is 2. The fourth-order valence-electron chi connectivity index (χ4n) is 5.23. The maximum atomic E-state index is 12.1.